The fourth-order valence-electron chi connectivity index (χ4n) is 0.793. The third-order valence-corrected chi connectivity index (χ3v) is 1.87. The number of hydrogen-bond donors (Lipinski definition) is 2. The van der Waals surface area contributed by atoms with E-state index in [9.17, 15) is 9.59 Å². The summed E-state index contributed by atoms with van der Waals surface area (Å²) in [6, 6.07) is 0. The van der Waals surface area contributed by atoms with Crippen molar-refractivity contribution in [1.82, 2.24) is 5.32 Å². The first-order chi connectivity index (χ1) is 8.49. The van der Waals surface area contributed by atoms with E-state index in [1.807, 2.05) is 13.8 Å². The number of carbonyl (C=O) groups excluding carboxylic acids is 1. The highest BCUT2D eigenvalue weighted by Gasteiger charge is 2.00. The van der Waals surface area contributed by atoms with Crippen LogP contribution in [0.4, 0.5) is 0 Å². The number of carboxylic acid groups (broad SMARTS) is 1. The van der Waals surface area contributed by atoms with Crippen molar-refractivity contribution >= 4 is 11.9 Å². The SMILES string of the molecule is C=C(CCCC)C(=O)O.C=CC(=O)NCOCC. The van der Waals surface area contributed by atoms with Crippen LogP contribution in [0.25, 0.3) is 0 Å². The van der Waals surface area contributed by atoms with Crippen LogP contribution in [-0.4, -0.2) is 30.3 Å². The number of hydrogen-bond acceptors (Lipinski definition) is 3. The lowest BCUT2D eigenvalue weighted by Gasteiger charge is -1.99. The van der Waals surface area contributed by atoms with Gasteiger partial charge in [-0.25, -0.2) is 4.79 Å². The summed E-state index contributed by atoms with van der Waals surface area (Å²) in [6.45, 7) is 11.4. The molecule has 5 heteroatoms. The van der Waals surface area contributed by atoms with Gasteiger partial charge in [-0.05, 0) is 25.8 Å². The number of carbonyl (C=O) groups is 2. The summed E-state index contributed by atoms with van der Waals surface area (Å²) < 4.78 is 4.83. The summed E-state index contributed by atoms with van der Waals surface area (Å²) in [5.41, 5.74) is 0.317. The van der Waals surface area contributed by atoms with Crippen molar-refractivity contribution in [3.05, 3.63) is 24.8 Å². The number of unbranched alkanes of at least 4 members (excludes halogenated alkanes) is 1. The summed E-state index contributed by atoms with van der Waals surface area (Å²) in [5, 5.41) is 10.8. The summed E-state index contributed by atoms with van der Waals surface area (Å²) in [4.78, 5) is 20.5. The third-order valence-electron chi connectivity index (χ3n) is 1.87. The van der Waals surface area contributed by atoms with Gasteiger partial charge in [0.05, 0.1) is 0 Å². The Kier molecular flexibility index (Phi) is 14.0. The van der Waals surface area contributed by atoms with Gasteiger partial charge in [0, 0.05) is 12.2 Å². The Morgan fingerprint density at radius 1 is 1.39 bits per heavy atom. The van der Waals surface area contributed by atoms with Crippen molar-refractivity contribution in [2.75, 3.05) is 13.3 Å². The number of ether oxygens (including phenoxy) is 1. The van der Waals surface area contributed by atoms with Gasteiger partial charge >= 0.3 is 5.97 Å². The minimum atomic E-state index is -0.872. The zero-order chi connectivity index (χ0) is 14.4. The van der Waals surface area contributed by atoms with Crippen molar-refractivity contribution < 1.29 is 19.4 Å². The minimum Gasteiger partial charge on any atom is -0.478 e. The number of nitrogens with one attached hydrogen (secondary N) is 1. The summed E-state index contributed by atoms with van der Waals surface area (Å²) in [7, 11) is 0. The molecule has 0 saturated carbocycles. The molecule has 0 aliphatic heterocycles. The topological polar surface area (TPSA) is 75.6 Å². The lowest BCUT2D eigenvalue weighted by Crippen LogP contribution is -2.23. The Morgan fingerprint density at radius 3 is 2.39 bits per heavy atom. The van der Waals surface area contributed by atoms with Gasteiger partial charge in [0.2, 0.25) is 5.91 Å². The number of rotatable bonds is 8. The van der Waals surface area contributed by atoms with E-state index in [0.29, 0.717) is 18.6 Å². The molecular formula is C13H23NO4. The van der Waals surface area contributed by atoms with Crippen LogP contribution in [-0.2, 0) is 14.3 Å². The van der Waals surface area contributed by atoms with Crippen LogP contribution in [0, 0.1) is 0 Å². The molecule has 1 amide bonds. The predicted octanol–water partition coefficient (Wildman–Crippen LogP) is 2.10. The molecule has 0 radical (unpaired) electrons. The zero-order valence-corrected chi connectivity index (χ0v) is 11.2. The van der Waals surface area contributed by atoms with E-state index in [2.05, 4.69) is 18.5 Å². The second-order valence-electron chi connectivity index (χ2n) is 3.39. The molecule has 0 aromatic carbocycles. The molecule has 0 bridgehead atoms. The molecule has 5 nitrogen and oxygen atoms in total. The van der Waals surface area contributed by atoms with Gasteiger partial charge in [0.15, 0.2) is 0 Å². The van der Waals surface area contributed by atoms with Gasteiger partial charge in [0.1, 0.15) is 6.73 Å². The Balaban J connectivity index is 0. The quantitative estimate of drug-likeness (QED) is 0.396. The first-order valence-corrected chi connectivity index (χ1v) is 5.88. The molecule has 0 heterocycles. The number of amides is 1. The largest absolute Gasteiger partial charge is 0.478 e. The lowest BCUT2D eigenvalue weighted by molar-refractivity contribution is -0.132. The average molecular weight is 257 g/mol. The lowest BCUT2D eigenvalue weighted by atomic mass is 10.1. The second-order valence-corrected chi connectivity index (χ2v) is 3.39. The fraction of sp³-hybridized carbons (Fsp3) is 0.538. The first-order valence-electron chi connectivity index (χ1n) is 5.88. The zero-order valence-electron chi connectivity index (χ0n) is 11.2. The van der Waals surface area contributed by atoms with Crippen molar-refractivity contribution in [3.63, 3.8) is 0 Å². The molecule has 0 spiro atoms. The maximum absolute atomic E-state index is 10.4. The van der Waals surface area contributed by atoms with Crippen LogP contribution in [0.15, 0.2) is 24.8 Å². The van der Waals surface area contributed by atoms with Crippen LogP contribution in [0.1, 0.15) is 33.1 Å². The fourth-order valence-corrected chi connectivity index (χ4v) is 0.793. The predicted molar refractivity (Wildman–Crippen MR) is 71.1 cm³/mol. The van der Waals surface area contributed by atoms with E-state index in [4.69, 9.17) is 9.84 Å². The maximum atomic E-state index is 10.4. The first kappa shape index (κ1) is 18.7. The van der Waals surface area contributed by atoms with Gasteiger partial charge in [0.25, 0.3) is 0 Å². The van der Waals surface area contributed by atoms with Gasteiger partial charge in [-0.3, -0.25) is 4.79 Å². The molecule has 0 rings (SSSR count). The summed E-state index contributed by atoms with van der Waals surface area (Å²) >= 11 is 0. The highest BCUT2D eigenvalue weighted by atomic mass is 16.5. The number of aliphatic carboxylic acids is 1. The Labute approximate surface area is 109 Å². The molecule has 18 heavy (non-hydrogen) atoms. The van der Waals surface area contributed by atoms with Crippen LogP contribution in [0.3, 0.4) is 0 Å². The van der Waals surface area contributed by atoms with Crippen LogP contribution in [0.5, 0.6) is 0 Å². The van der Waals surface area contributed by atoms with E-state index in [0.717, 1.165) is 12.8 Å². The molecule has 2 N–H and O–H groups in total. The molecule has 0 unspecified atom stereocenters. The summed E-state index contributed by atoms with van der Waals surface area (Å²) in [6.07, 6.45) is 3.77. The molecule has 0 aliphatic rings. The van der Waals surface area contributed by atoms with Gasteiger partial charge in [-0.15, -0.1) is 0 Å². The molecule has 0 aromatic heterocycles. The Morgan fingerprint density at radius 2 is 2.00 bits per heavy atom. The Bertz CT molecular complexity index is 272. The smallest absolute Gasteiger partial charge is 0.330 e. The molecule has 0 saturated heterocycles. The summed E-state index contributed by atoms with van der Waals surface area (Å²) in [5.74, 6) is -1.08. The third kappa shape index (κ3) is 14.4. The molecule has 0 atom stereocenters. The number of carboxylic acids is 1. The van der Waals surface area contributed by atoms with Crippen molar-refractivity contribution in [3.8, 4) is 0 Å². The van der Waals surface area contributed by atoms with Gasteiger partial charge in [-0.2, -0.15) is 0 Å². The standard InChI is InChI=1S/C7H12O2.C6H11NO2/c1-3-4-5-6(2)7(8)9;1-3-6(8)7-5-9-4-2/h2-5H2,1H3,(H,8,9);3H,1,4-5H2,2H3,(H,7,8). The molecule has 0 fully saturated rings. The van der Waals surface area contributed by atoms with Gasteiger partial charge < -0.3 is 15.2 Å². The molecular weight excluding hydrogens is 234 g/mol. The van der Waals surface area contributed by atoms with Crippen molar-refractivity contribution in [2.24, 2.45) is 0 Å². The van der Waals surface area contributed by atoms with Gasteiger partial charge in [-0.1, -0.05) is 26.5 Å². The monoisotopic (exact) mass is 257 g/mol. The van der Waals surface area contributed by atoms with E-state index in [1.54, 1.807) is 0 Å². The van der Waals surface area contributed by atoms with Crippen LogP contribution in [0.2, 0.25) is 0 Å². The maximum Gasteiger partial charge on any atom is 0.330 e. The van der Waals surface area contributed by atoms with Crippen molar-refractivity contribution in [2.45, 2.75) is 33.1 Å². The van der Waals surface area contributed by atoms with E-state index < -0.39 is 5.97 Å². The van der Waals surface area contributed by atoms with E-state index >= 15 is 0 Å². The highest BCUT2D eigenvalue weighted by molar-refractivity contribution is 5.86. The Hall–Kier alpha value is -1.62. The second kappa shape index (κ2) is 13.4. The average Bonchev–Trinajstić information content (AvgIpc) is 2.36. The molecule has 0 aliphatic carbocycles. The van der Waals surface area contributed by atoms with Crippen LogP contribution >= 0.6 is 0 Å². The molecule has 104 valence electrons. The minimum absolute atomic E-state index is 0.205. The highest BCUT2D eigenvalue weighted by Crippen LogP contribution is 2.03. The van der Waals surface area contributed by atoms with Crippen LogP contribution < -0.4 is 5.32 Å². The van der Waals surface area contributed by atoms with E-state index in [-0.39, 0.29) is 12.6 Å². The molecule has 0 aromatic rings. The van der Waals surface area contributed by atoms with Crippen molar-refractivity contribution in [1.29, 1.82) is 0 Å². The normalized spacial score (nSPS) is 8.78. The van der Waals surface area contributed by atoms with E-state index in [1.165, 1.54) is 6.08 Å².